The normalized spacial score (nSPS) is 16.3. The zero-order valence-corrected chi connectivity index (χ0v) is 20.2. The highest BCUT2D eigenvalue weighted by Gasteiger charge is 2.32. The van der Waals surface area contributed by atoms with Crippen LogP contribution in [0.15, 0.2) is 60.2 Å². The van der Waals surface area contributed by atoms with Gasteiger partial charge in [-0.3, -0.25) is 4.90 Å². The Labute approximate surface area is 193 Å². The predicted octanol–water partition coefficient (Wildman–Crippen LogP) is 5.33. The second kappa shape index (κ2) is 11.9. The quantitative estimate of drug-likeness (QED) is 0.350. The standard InChI is InChI=1S/C27H38N2O3/c1-6-28(7-2)23(19-31-16-15-21(3)4)18-29-25-13-8-9-14-27(25)32-20-26(29)22-11-10-12-24(17-22)30-5/h8-15,17,23,26H,6-7,16,18-20H2,1-5H3. The van der Waals surface area contributed by atoms with Gasteiger partial charge in [0.25, 0.3) is 0 Å². The van der Waals surface area contributed by atoms with Crippen molar-refractivity contribution in [2.24, 2.45) is 0 Å². The van der Waals surface area contributed by atoms with Gasteiger partial charge < -0.3 is 19.1 Å². The number of methoxy groups -OCH3 is 1. The fourth-order valence-corrected chi connectivity index (χ4v) is 4.26. The Morgan fingerprint density at radius 3 is 2.66 bits per heavy atom. The van der Waals surface area contributed by atoms with E-state index in [2.05, 4.69) is 80.0 Å². The third-order valence-corrected chi connectivity index (χ3v) is 6.08. The molecule has 32 heavy (non-hydrogen) atoms. The molecule has 2 atom stereocenters. The van der Waals surface area contributed by atoms with Crippen molar-refractivity contribution in [3.63, 3.8) is 0 Å². The third-order valence-electron chi connectivity index (χ3n) is 6.08. The first-order valence-corrected chi connectivity index (χ1v) is 11.6. The van der Waals surface area contributed by atoms with Gasteiger partial charge in [-0.05, 0) is 56.8 Å². The van der Waals surface area contributed by atoms with Gasteiger partial charge >= 0.3 is 0 Å². The molecular formula is C27H38N2O3. The minimum Gasteiger partial charge on any atom is -0.497 e. The topological polar surface area (TPSA) is 34.2 Å². The molecule has 0 fully saturated rings. The summed E-state index contributed by atoms with van der Waals surface area (Å²) in [6.45, 7) is 13.4. The molecule has 5 heteroatoms. The van der Waals surface area contributed by atoms with Gasteiger partial charge in [0.05, 0.1) is 38.1 Å². The minimum absolute atomic E-state index is 0.107. The first-order chi connectivity index (χ1) is 15.6. The number of para-hydroxylation sites is 2. The van der Waals surface area contributed by atoms with Gasteiger partial charge in [0.15, 0.2) is 0 Å². The van der Waals surface area contributed by atoms with Crippen molar-refractivity contribution in [2.75, 3.05) is 51.5 Å². The number of ether oxygens (including phenoxy) is 3. The van der Waals surface area contributed by atoms with E-state index in [-0.39, 0.29) is 12.1 Å². The Hall–Kier alpha value is -2.50. The molecule has 1 aliphatic rings. The van der Waals surface area contributed by atoms with Crippen LogP contribution < -0.4 is 14.4 Å². The van der Waals surface area contributed by atoms with Gasteiger partial charge in [-0.2, -0.15) is 0 Å². The maximum absolute atomic E-state index is 6.18. The maximum Gasteiger partial charge on any atom is 0.142 e. The molecule has 1 aliphatic heterocycles. The Kier molecular flexibility index (Phi) is 9.00. The predicted molar refractivity (Wildman–Crippen MR) is 132 cm³/mol. The second-order valence-electron chi connectivity index (χ2n) is 8.42. The molecule has 0 aliphatic carbocycles. The summed E-state index contributed by atoms with van der Waals surface area (Å²) in [7, 11) is 1.71. The highest BCUT2D eigenvalue weighted by molar-refractivity contribution is 5.62. The summed E-state index contributed by atoms with van der Waals surface area (Å²) in [6, 6.07) is 17.0. The van der Waals surface area contributed by atoms with Crippen molar-refractivity contribution < 1.29 is 14.2 Å². The lowest BCUT2D eigenvalue weighted by molar-refractivity contribution is 0.0784. The van der Waals surface area contributed by atoms with Crippen LogP contribution >= 0.6 is 0 Å². The van der Waals surface area contributed by atoms with Gasteiger partial charge in [-0.1, -0.05) is 49.8 Å². The minimum atomic E-state index is 0.107. The van der Waals surface area contributed by atoms with Gasteiger partial charge in [-0.15, -0.1) is 0 Å². The monoisotopic (exact) mass is 438 g/mol. The summed E-state index contributed by atoms with van der Waals surface area (Å²) < 4.78 is 17.8. The zero-order chi connectivity index (χ0) is 22.9. The van der Waals surface area contributed by atoms with Crippen LogP contribution in [0.25, 0.3) is 0 Å². The average molecular weight is 439 g/mol. The van der Waals surface area contributed by atoms with Crippen molar-refractivity contribution in [1.29, 1.82) is 0 Å². The SMILES string of the molecule is CCN(CC)C(COCC=C(C)C)CN1c2ccccc2OCC1c1cccc(OC)c1. The maximum atomic E-state index is 6.18. The van der Waals surface area contributed by atoms with Crippen LogP contribution in [0.4, 0.5) is 5.69 Å². The van der Waals surface area contributed by atoms with E-state index in [1.807, 2.05) is 12.1 Å². The number of benzene rings is 2. The summed E-state index contributed by atoms with van der Waals surface area (Å²) >= 11 is 0. The van der Waals surface area contributed by atoms with Gasteiger partial charge in [0, 0.05) is 6.54 Å². The number of likely N-dealkylation sites (N-methyl/N-ethyl adjacent to an activating group) is 1. The lowest BCUT2D eigenvalue weighted by atomic mass is 10.0. The molecule has 2 aromatic carbocycles. The Bertz CT molecular complexity index is 875. The first-order valence-electron chi connectivity index (χ1n) is 11.6. The summed E-state index contributed by atoms with van der Waals surface area (Å²) in [5.74, 6) is 1.81. The molecule has 0 radical (unpaired) electrons. The summed E-state index contributed by atoms with van der Waals surface area (Å²) in [4.78, 5) is 4.98. The van der Waals surface area contributed by atoms with E-state index in [1.165, 1.54) is 11.1 Å². The molecule has 0 amide bonds. The van der Waals surface area contributed by atoms with Crippen LogP contribution in [0.5, 0.6) is 11.5 Å². The van der Waals surface area contributed by atoms with Crippen molar-refractivity contribution in [3.05, 3.63) is 65.7 Å². The van der Waals surface area contributed by atoms with Crippen molar-refractivity contribution >= 4 is 5.69 Å². The highest BCUT2D eigenvalue weighted by Crippen LogP contribution is 2.40. The van der Waals surface area contributed by atoms with Gasteiger partial charge in [-0.25, -0.2) is 0 Å². The number of fused-ring (bicyclic) bond motifs is 1. The average Bonchev–Trinajstić information content (AvgIpc) is 2.82. The first kappa shape index (κ1) is 24.1. The van der Waals surface area contributed by atoms with Crippen LogP contribution in [-0.4, -0.2) is 57.5 Å². The number of hydrogen-bond donors (Lipinski definition) is 0. The number of hydrogen-bond acceptors (Lipinski definition) is 5. The van der Waals surface area contributed by atoms with Gasteiger partial charge in [0.2, 0.25) is 0 Å². The molecule has 5 nitrogen and oxygen atoms in total. The van der Waals surface area contributed by atoms with E-state index in [9.17, 15) is 0 Å². The number of nitrogens with zero attached hydrogens (tertiary/aromatic N) is 2. The highest BCUT2D eigenvalue weighted by atomic mass is 16.5. The largest absolute Gasteiger partial charge is 0.497 e. The molecule has 0 saturated heterocycles. The van der Waals surface area contributed by atoms with Crippen LogP contribution in [0.2, 0.25) is 0 Å². The Balaban J connectivity index is 1.90. The van der Waals surface area contributed by atoms with Crippen molar-refractivity contribution in [2.45, 2.75) is 39.8 Å². The second-order valence-corrected chi connectivity index (χ2v) is 8.42. The molecule has 0 N–H and O–H groups in total. The van der Waals surface area contributed by atoms with Crippen molar-refractivity contribution in [1.82, 2.24) is 4.90 Å². The number of anilines is 1. The molecule has 0 bridgehead atoms. The Morgan fingerprint density at radius 2 is 1.94 bits per heavy atom. The summed E-state index contributed by atoms with van der Waals surface area (Å²) in [6.07, 6.45) is 2.14. The molecule has 0 saturated carbocycles. The molecule has 0 aromatic heterocycles. The zero-order valence-electron chi connectivity index (χ0n) is 20.2. The lowest BCUT2D eigenvalue weighted by Crippen LogP contribution is -2.49. The van der Waals surface area contributed by atoms with E-state index in [4.69, 9.17) is 14.2 Å². The lowest BCUT2D eigenvalue weighted by Gasteiger charge is -2.42. The molecule has 0 spiro atoms. The summed E-state index contributed by atoms with van der Waals surface area (Å²) in [5, 5.41) is 0. The van der Waals surface area contributed by atoms with E-state index in [0.717, 1.165) is 36.8 Å². The van der Waals surface area contributed by atoms with Crippen LogP contribution in [0, 0.1) is 0 Å². The van der Waals surface area contributed by atoms with Crippen LogP contribution in [-0.2, 0) is 4.74 Å². The molecule has 174 valence electrons. The van der Waals surface area contributed by atoms with Crippen LogP contribution in [0.1, 0.15) is 39.3 Å². The van der Waals surface area contributed by atoms with Crippen LogP contribution in [0.3, 0.4) is 0 Å². The Morgan fingerprint density at radius 1 is 1.16 bits per heavy atom. The van der Waals surface area contributed by atoms with E-state index < -0.39 is 0 Å². The number of allylic oxidation sites excluding steroid dienone is 1. The molecule has 1 heterocycles. The number of rotatable bonds is 11. The fraction of sp³-hybridized carbons (Fsp3) is 0.481. The van der Waals surface area contributed by atoms with E-state index in [0.29, 0.717) is 19.8 Å². The van der Waals surface area contributed by atoms with E-state index >= 15 is 0 Å². The third kappa shape index (κ3) is 6.05. The van der Waals surface area contributed by atoms with Gasteiger partial charge in [0.1, 0.15) is 18.1 Å². The molecule has 2 unspecified atom stereocenters. The van der Waals surface area contributed by atoms with E-state index in [1.54, 1.807) is 7.11 Å². The summed E-state index contributed by atoms with van der Waals surface area (Å²) in [5.41, 5.74) is 3.61. The van der Waals surface area contributed by atoms with Crippen molar-refractivity contribution in [3.8, 4) is 11.5 Å². The molecular weight excluding hydrogens is 400 g/mol. The fourth-order valence-electron chi connectivity index (χ4n) is 4.26. The molecule has 3 rings (SSSR count). The molecule has 2 aromatic rings. The smallest absolute Gasteiger partial charge is 0.142 e.